The minimum atomic E-state index is -0.170. The molecule has 1 aliphatic heterocycles. The first-order chi connectivity index (χ1) is 16.6. The summed E-state index contributed by atoms with van der Waals surface area (Å²) in [6, 6.07) is 19.4. The molecule has 0 spiro atoms. The summed E-state index contributed by atoms with van der Waals surface area (Å²) >= 11 is 1.42. The highest BCUT2D eigenvalue weighted by Crippen LogP contribution is 2.27. The first kappa shape index (κ1) is 22.2. The van der Waals surface area contributed by atoms with E-state index in [2.05, 4.69) is 10.00 Å². The smallest absolute Gasteiger partial charge is 0.275 e. The third-order valence-electron chi connectivity index (χ3n) is 5.96. The summed E-state index contributed by atoms with van der Waals surface area (Å²) < 4.78 is 1.38. The zero-order chi connectivity index (χ0) is 23.5. The molecule has 0 bridgehead atoms. The Hall–Kier alpha value is -3.62. The third kappa shape index (κ3) is 4.83. The summed E-state index contributed by atoms with van der Waals surface area (Å²) in [5, 5.41) is 5.28. The molecule has 172 valence electrons. The maximum absolute atomic E-state index is 12.7. The summed E-state index contributed by atoms with van der Waals surface area (Å²) in [6.07, 6.45) is 3.48. The van der Waals surface area contributed by atoms with Gasteiger partial charge < -0.3 is 4.90 Å². The number of amides is 1. The van der Waals surface area contributed by atoms with Gasteiger partial charge in [0.25, 0.3) is 5.56 Å². The number of piperazine rings is 1. The van der Waals surface area contributed by atoms with Gasteiger partial charge in [0, 0.05) is 50.4 Å². The molecule has 0 atom stereocenters. The Kier molecular flexibility index (Phi) is 6.33. The van der Waals surface area contributed by atoms with Crippen LogP contribution in [-0.4, -0.2) is 56.5 Å². The van der Waals surface area contributed by atoms with Crippen LogP contribution < -0.4 is 5.56 Å². The average molecular weight is 472 g/mol. The van der Waals surface area contributed by atoms with Gasteiger partial charge in [-0.2, -0.15) is 9.61 Å². The van der Waals surface area contributed by atoms with Gasteiger partial charge >= 0.3 is 0 Å². The number of fused-ring (bicyclic) bond motifs is 1. The molecule has 1 fully saturated rings. The fourth-order valence-corrected chi connectivity index (χ4v) is 5.07. The van der Waals surface area contributed by atoms with Crippen molar-refractivity contribution < 1.29 is 4.79 Å². The van der Waals surface area contributed by atoms with E-state index in [0.29, 0.717) is 24.6 Å². The van der Waals surface area contributed by atoms with Crippen molar-refractivity contribution in [2.75, 3.05) is 26.2 Å². The first-order valence-electron chi connectivity index (χ1n) is 11.3. The summed E-state index contributed by atoms with van der Waals surface area (Å²) in [5.74, 6) is 0.0229. The molecule has 2 aromatic heterocycles. The van der Waals surface area contributed by atoms with Gasteiger partial charge in [-0.1, -0.05) is 65.9 Å². The molecule has 0 unspecified atom stereocenters. The predicted molar refractivity (Wildman–Crippen MR) is 135 cm³/mol. The number of rotatable bonds is 5. The zero-order valence-electron chi connectivity index (χ0n) is 18.9. The van der Waals surface area contributed by atoms with E-state index in [1.165, 1.54) is 15.9 Å². The van der Waals surface area contributed by atoms with Crippen molar-refractivity contribution in [3.63, 3.8) is 0 Å². The Labute approximate surface area is 201 Å². The van der Waals surface area contributed by atoms with E-state index in [-0.39, 0.29) is 11.5 Å². The number of nitrogens with zero attached hydrogens (tertiary/aromatic N) is 5. The number of hydrogen-bond donors (Lipinski definition) is 0. The molecule has 1 amide bonds. The minimum Gasteiger partial charge on any atom is -0.337 e. The second kappa shape index (κ2) is 9.70. The molecule has 0 saturated carbocycles. The standard InChI is InChI=1S/C26H25N5O2S/c1-19-7-5-6-10-22(19)25-28-31-24(33)17-21(27-26(31)34-25)18-29-13-15-30(16-14-29)23(32)12-11-20-8-3-2-4-9-20/h2-12,17H,13-16,18H2,1H3. The quantitative estimate of drug-likeness (QED) is 0.417. The topological polar surface area (TPSA) is 70.8 Å². The maximum atomic E-state index is 12.7. The highest BCUT2D eigenvalue weighted by molar-refractivity contribution is 7.19. The van der Waals surface area contributed by atoms with Gasteiger partial charge in [-0.25, -0.2) is 4.98 Å². The lowest BCUT2D eigenvalue weighted by Gasteiger charge is -2.34. The molecule has 5 rings (SSSR count). The lowest BCUT2D eigenvalue weighted by molar-refractivity contribution is -0.127. The minimum absolute atomic E-state index is 0.0229. The Balaban J connectivity index is 1.24. The third-order valence-corrected chi connectivity index (χ3v) is 6.90. The van der Waals surface area contributed by atoms with Crippen LogP contribution in [0.4, 0.5) is 0 Å². The van der Waals surface area contributed by atoms with Crippen molar-refractivity contribution in [3.8, 4) is 10.6 Å². The molecule has 0 N–H and O–H groups in total. The van der Waals surface area contributed by atoms with E-state index in [1.54, 1.807) is 12.1 Å². The second-order valence-corrected chi connectivity index (χ2v) is 9.30. The molecule has 3 heterocycles. The van der Waals surface area contributed by atoms with Crippen LogP contribution in [-0.2, 0) is 11.3 Å². The Morgan fingerprint density at radius 1 is 1.03 bits per heavy atom. The largest absolute Gasteiger partial charge is 0.337 e. The SMILES string of the molecule is Cc1ccccc1-c1nn2c(=O)cc(CN3CCN(C(=O)C=Cc4ccccc4)CC3)nc2s1. The molecule has 8 heteroatoms. The Morgan fingerprint density at radius 3 is 2.53 bits per heavy atom. The predicted octanol–water partition coefficient (Wildman–Crippen LogP) is 3.48. The Bertz CT molecular complexity index is 1400. The number of aryl methyl sites for hydroxylation is 1. The van der Waals surface area contributed by atoms with E-state index in [1.807, 2.05) is 72.5 Å². The number of aromatic nitrogens is 3. The highest BCUT2D eigenvalue weighted by atomic mass is 32.1. The van der Waals surface area contributed by atoms with Crippen LogP contribution >= 0.6 is 11.3 Å². The second-order valence-electron chi connectivity index (χ2n) is 8.35. The molecule has 34 heavy (non-hydrogen) atoms. The first-order valence-corrected chi connectivity index (χ1v) is 12.1. The van der Waals surface area contributed by atoms with Gasteiger partial charge in [-0.3, -0.25) is 14.5 Å². The maximum Gasteiger partial charge on any atom is 0.275 e. The van der Waals surface area contributed by atoms with Gasteiger partial charge in [-0.05, 0) is 24.1 Å². The number of carbonyl (C=O) groups excluding carboxylic acids is 1. The van der Waals surface area contributed by atoms with Gasteiger partial charge in [0.1, 0.15) is 5.01 Å². The average Bonchev–Trinajstić information content (AvgIpc) is 3.28. The summed E-state index contributed by atoms with van der Waals surface area (Å²) in [5.41, 5.74) is 3.70. The number of benzene rings is 2. The monoisotopic (exact) mass is 471 g/mol. The fraction of sp³-hybridized carbons (Fsp3) is 0.231. The molecule has 1 aliphatic rings. The van der Waals surface area contributed by atoms with Crippen LogP contribution in [0.3, 0.4) is 0 Å². The van der Waals surface area contributed by atoms with Crippen molar-refractivity contribution in [1.29, 1.82) is 0 Å². The number of carbonyl (C=O) groups is 1. The van der Waals surface area contributed by atoms with Gasteiger partial charge in [0.2, 0.25) is 10.9 Å². The van der Waals surface area contributed by atoms with Crippen molar-refractivity contribution in [3.05, 3.63) is 93.9 Å². The van der Waals surface area contributed by atoms with Gasteiger partial charge in [0.15, 0.2) is 0 Å². The van der Waals surface area contributed by atoms with Crippen LogP contribution in [0.1, 0.15) is 16.8 Å². The lowest BCUT2D eigenvalue weighted by Crippen LogP contribution is -2.48. The van der Waals surface area contributed by atoms with E-state index >= 15 is 0 Å². The Morgan fingerprint density at radius 2 is 1.76 bits per heavy atom. The van der Waals surface area contributed by atoms with E-state index in [4.69, 9.17) is 4.98 Å². The zero-order valence-corrected chi connectivity index (χ0v) is 19.7. The normalized spacial score (nSPS) is 14.8. The van der Waals surface area contributed by atoms with Gasteiger partial charge in [-0.15, -0.1) is 0 Å². The molecule has 7 nitrogen and oxygen atoms in total. The summed E-state index contributed by atoms with van der Waals surface area (Å²) in [6.45, 7) is 5.39. The van der Waals surface area contributed by atoms with Crippen LogP contribution in [0.2, 0.25) is 0 Å². The van der Waals surface area contributed by atoms with Crippen molar-refractivity contribution in [2.45, 2.75) is 13.5 Å². The highest BCUT2D eigenvalue weighted by Gasteiger charge is 2.21. The number of hydrogen-bond acceptors (Lipinski definition) is 6. The molecule has 1 saturated heterocycles. The molecule has 4 aromatic rings. The molecule has 0 aliphatic carbocycles. The molecule has 2 aromatic carbocycles. The van der Waals surface area contributed by atoms with Crippen LogP contribution in [0.15, 0.2) is 71.5 Å². The fourth-order valence-electron chi connectivity index (χ4n) is 4.05. The van der Waals surface area contributed by atoms with E-state index in [0.717, 1.165) is 40.5 Å². The van der Waals surface area contributed by atoms with E-state index < -0.39 is 0 Å². The molecular formula is C26H25N5O2S. The summed E-state index contributed by atoms with van der Waals surface area (Å²) in [4.78, 5) is 34.6. The van der Waals surface area contributed by atoms with Crippen molar-refractivity contribution >= 4 is 28.3 Å². The summed E-state index contributed by atoms with van der Waals surface area (Å²) in [7, 11) is 0. The van der Waals surface area contributed by atoms with Crippen molar-refractivity contribution in [1.82, 2.24) is 24.4 Å². The van der Waals surface area contributed by atoms with Crippen LogP contribution in [0.25, 0.3) is 21.6 Å². The van der Waals surface area contributed by atoms with Crippen LogP contribution in [0, 0.1) is 6.92 Å². The lowest BCUT2D eigenvalue weighted by atomic mass is 10.1. The van der Waals surface area contributed by atoms with Gasteiger partial charge in [0.05, 0.1) is 5.69 Å². The molecular weight excluding hydrogens is 446 g/mol. The van der Waals surface area contributed by atoms with E-state index in [9.17, 15) is 9.59 Å². The van der Waals surface area contributed by atoms with Crippen LogP contribution in [0.5, 0.6) is 0 Å². The molecule has 0 radical (unpaired) electrons. The van der Waals surface area contributed by atoms with Crippen molar-refractivity contribution in [2.24, 2.45) is 0 Å².